The lowest BCUT2D eigenvalue weighted by atomic mass is 9.94. The van der Waals surface area contributed by atoms with Crippen molar-refractivity contribution < 1.29 is 4.92 Å². The monoisotopic (exact) mass is 291 g/mol. The second kappa shape index (κ2) is 6.62. The quantitative estimate of drug-likeness (QED) is 0.678. The Morgan fingerprint density at radius 2 is 2.10 bits per heavy atom. The SMILES string of the molecule is CSC1CCC(Nc2cccc(C#N)c2[N+](=O)[O-])CC1. The van der Waals surface area contributed by atoms with Gasteiger partial charge in [0.25, 0.3) is 0 Å². The molecule has 0 saturated heterocycles. The number of anilines is 1. The Morgan fingerprint density at radius 1 is 1.40 bits per heavy atom. The van der Waals surface area contributed by atoms with Gasteiger partial charge in [-0.25, -0.2) is 0 Å². The Balaban J connectivity index is 2.14. The average Bonchev–Trinajstić information content (AvgIpc) is 2.47. The van der Waals surface area contributed by atoms with E-state index in [0.29, 0.717) is 10.9 Å². The number of nitrogens with zero attached hydrogens (tertiary/aromatic N) is 2. The van der Waals surface area contributed by atoms with Crippen molar-refractivity contribution in [2.75, 3.05) is 11.6 Å². The topological polar surface area (TPSA) is 79.0 Å². The maximum absolute atomic E-state index is 11.2. The minimum absolute atomic E-state index is 0.109. The summed E-state index contributed by atoms with van der Waals surface area (Å²) in [5.74, 6) is 0. The Bertz CT molecular complexity index is 534. The van der Waals surface area contributed by atoms with Gasteiger partial charge >= 0.3 is 5.69 Å². The van der Waals surface area contributed by atoms with E-state index in [1.165, 1.54) is 6.07 Å². The number of para-hydroxylation sites is 1. The van der Waals surface area contributed by atoms with Crippen LogP contribution in [0.15, 0.2) is 18.2 Å². The van der Waals surface area contributed by atoms with E-state index in [2.05, 4.69) is 11.6 Å². The zero-order chi connectivity index (χ0) is 14.5. The van der Waals surface area contributed by atoms with Crippen LogP contribution in [0.3, 0.4) is 0 Å². The van der Waals surface area contributed by atoms with Crippen LogP contribution < -0.4 is 5.32 Å². The molecule has 0 amide bonds. The van der Waals surface area contributed by atoms with Crippen LogP contribution in [0.5, 0.6) is 0 Å². The number of nitrogens with one attached hydrogen (secondary N) is 1. The fraction of sp³-hybridized carbons (Fsp3) is 0.500. The van der Waals surface area contributed by atoms with Crippen LogP contribution in [-0.2, 0) is 0 Å². The molecule has 6 heteroatoms. The van der Waals surface area contributed by atoms with Gasteiger partial charge < -0.3 is 5.32 Å². The summed E-state index contributed by atoms with van der Waals surface area (Å²) in [6.07, 6.45) is 6.41. The zero-order valence-electron chi connectivity index (χ0n) is 11.3. The maximum atomic E-state index is 11.2. The second-order valence-corrected chi connectivity index (χ2v) is 6.06. The third kappa shape index (κ3) is 3.23. The van der Waals surface area contributed by atoms with Gasteiger partial charge in [-0.1, -0.05) is 6.07 Å². The van der Waals surface area contributed by atoms with E-state index < -0.39 is 4.92 Å². The molecule has 1 saturated carbocycles. The van der Waals surface area contributed by atoms with Gasteiger partial charge in [0, 0.05) is 11.3 Å². The first-order valence-electron chi connectivity index (χ1n) is 6.62. The number of benzene rings is 1. The molecule has 1 aromatic carbocycles. The molecule has 1 aromatic rings. The summed E-state index contributed by atoms with van der Waals surface area (Å²) in [6, 6.07) is 6.98. The number of nitro groups is 1. The molecule has 0 aliphatic heterocycles. The third-order valence-electron chi connectivity index (χ3n) is 3.71. The minimum Gasteiger partial charge on any atom is -0.377 e. The molecule has 1 fully saturated rings. The van der Waals surface area contributed by atoms with E-state index in [1.807, 2.05) is 17.8 Å². The molecule has 106 valence electrons. The maximum Gasteiger partial charge on any atom is 0.309 e. The van der Waals surface area contributed by atoms with E-state index in [9.17, 15) is 10.1 Å². The summed E-state index contributed by atoms with van der Waals surface area (Å²) in [5, 5.41) is 24.1. The molecule has 20 heavy (non-hydrogen) atoms. The highest BCUT2D eigenvalue weighted by molar-refractivity contribution is 7.99. The van der Waals surface area contributed by atoms with E-state index in [-0.39, 0.29) is 17.3 Å². The summed E-state index contributed by atoms with van der Waals surface area (Å²) in [6.45, 7) is 0. The first-order valence-corrected chi connectivity index (χ1v) is 7.91. The first-order chi connectivity index (χ1) is 9.65. The minimum atomic E-state index is -0.478. The zero-order valence-corrected chi connectivity index (χ0v) is 12.2. The van der Waals surface area contributed by atoms with Gasteiger partial charge in [-0.3, -0.25) is 10.1 Å². The Morgan fingerprint density at radius 3 is 2.65 bits per heavy atom. The molecular weight excluding hydrogens is 274 g/mol. The predicted molar refractivity (Wildman–Crippen MR) is 81.0 cm³/mol. The van der Waals surface area contributed by atoms with Crippen LogP contribution in [0.4, 0.5) is 11.4 Å². The fourth-order valence-electron chi connectivity index (χ4n) is 2.61. The Hall–Kier alpha value is -1.74. The van der Waals surface area contributed by atoms with E-state index in [1.54, 1.807) is 12.1 Å². The van der Waals surface area contributed by atoms with Crippen LogP contribution in [0.2, 0.25) is 0 Å². The van der Waals surface area contributed by atoms with Crippen LogP contribution in [-0.4, -0.2) is 22.5 Å². The second-order valence-electron chi connectivity index (χ2n) is 4.92. The highest BCUT2D eigenvalue weighted by atomic mass is 32.2. The van der Waals surface area contributed by atoms with Gasteiger partial charge in [0.2, 0.25) is 0 Å². The lowest BCUT2D eigenvalue weighted by Crippen LogP contribution is -2.27. The summed E-state index contributed by atoms with van der Waals surface area (Å²) in [5.41, 5.74) is 0.460. The molecule has 0 radical (unpaired) electrons. The Kier molecular flexibility index (Phi) is 4.85. The van der Waals surface area contributed by atoms with Crippen LogP contribution >= 0.6 is 11.8 Å². The molecule has 0 heterocycles. The van der Waals surface area contributed by atoms with Crippen LogP contribution in [0.1, 0.15) is 31.2 Å². The number of thioether (sulfide) groups is 1. The summed E-state index contributed by atoms with van der Waals surface area (Å²) in [7, 11) is 0. The number of nitriles is 1. The third-order valence-corrected chi connectivity index (χ3v) is 4.84. The molecule has 0 unspecified atom stereocenters. The molecule has 1 aliphatic carbocycles. The molecular formula is C14H17N3O2S. The van der Waals surface area contributed by atoms with Crippen molar-refractivity contribution in [3.05, 3.63) is 33.9 Å². The number of hydrogen-bond acceptors (Lipinski definition) is 5. The van der Waals surface area contributed by atoms with Gasteiger partial charge in [0.1, 0.15) is 17.3 Å². The highest BCUT2D eigenvalue weighted by Gasteiger charge is 2.24. The number of hydrogen-bond donors (Lipinski definition) is 1. The van der Waals surface area contributed by atoms with Gasteiger partial charge in [0.05, 0.1) is 4.92 Å². The highest BCUT2D eigenvalue weighted by Crippen LogP contribution is 2.33. The lowest BCUT2D eigenvalue weighted by Gasteiger charge is -2.28. The van der Waals surface area contributed by atoms with Gasteiger partial charge in [-0.05, 0) is 44.1 Å². The number of nitro benzene ring substituents is 1. The lowest BCUT2D eigenvalue weighted by molar-refractivity contribution is -0.384. The fourth-order valence-corrected chi connectivity index (χ4v) is 3.35. The average molecular weight is 291 g/mol. The van der Waals surface area contributed by atoms with Crippen molar-refractivity contribution in [2.45, 2.75) is 37.0 Å². The molecule has 1 aliphatic rings. The van der Waals surface area contributed by atoms with E-state index in [4.69, 9.17) is 5.26 Å². The van der Waals surface area contributed by atoms with Crippen LogP contribution in [0, 0.1) is 21.4 Å². The molecule has 0 spiro atoms. The van der Waals surface area contributed by atoms with Crippen molar-refractivity contribution in [2.24, 2.45) is 0 Å². The standard InChI is InChI=1S/C14H17N3O2S/c1-20-12-7-5-11(6-8-12)16-13-4-2-3-10(9-15)14(13)17(18)19/h2-4,11-12,16H,5-8H2,1H3. The van der Waals surface area contributed by atoms with Crippen molar-refractivity contribution in [3.8, 4) is 6.07 Å². The van der Waals surface area contributed by atoms with Crippen molar-refractivity contribution in [1.82, 2.24) is 0 Å². The summed E-state index contributed by atoms with van der Waals surface area (Å²) in [4.78, 5) is 10.7. The molecule has 1 N–H and O–H groups in total. The van der Waals surface area contributed by atoms with Gasteiger partial charge in [0.15, 0.2) is 0 Å². The van der Waals surface area contributed by atoms with Gasteiger partial charge in [-0.2, -0.15) is 17.0 Å². The van der Waals surface area contributed by atoms with Crippen molar-refractivity contribution >= 4 is 23.1 Å². The van der Waals surface area contributed by atoms with Gasteiger partial charge in [-0.15, -0.1) is 0 Å². The first kappa shape index (κ1) is 14.7. The van der Waals surface area contributed by atoms with Crippen molar-refractivity contribution in [1.29, 1.82) is 5.26 Å². The molecule has 0 bridgehead atoms. The van der Waals surface area contributed by atoms with E-state index >= 15 is 0 Å². The Labute approximate surface area is 122 Å². The molecule has 0 aromatic heterocycles. The van der Waals surface area contributed by atoms with Crippen LogP contribution in [0.25, 0.3) is 0 Å². The van der Waals surface area contributed by atoms with Crippen molar-refractivity contribution in [3.63, 3.8) is 0 Å². The summed E-state index contributed by atoms with van der Waals surface area (Å²) >= 11 is 1.89. The normalized spacial score (nSPS) is 22.0. The molecule has 5 nitrogen and oxygen atoms in total. The summed E-state index contributed by atoms with van der Waals surface area (Å²) < 4.78 is 0. The largest absolute Gasteiger partial charge is 0.377 e. The molecule has 2 rings (SSSR count). The predicted octanol–water partition coefficient (Wildman–Crippen LogP) is 3.55. The van der Waals surface area contributed by atoms with E-state index in [0.717, 1.165) is 25.7 Å². The number of rotatable bonds is 4. The molecule has 0 atom stereocenters. The smallest absolute Gasteiger partial charge is 0.309 e.